The quantitative estimate of drug-likeness (QED) is 0.855. The van der Waals surface area contributed by atoms with Crippen LogP contribution in [0.25, 0.3) is 0 Å². The van der Waals surface area contributed by atoms with E-state index in [0.29, 0.717) is 5.92 Å². The Kier molecular flexibility index (Phi) is 5.52. The highest BCUT2D eigenvalue weighted by atomic mass is 16.5. The number of nitrogens with one attached hydrogen (secondary N) is 1. The minimum atomic E-state index is 0.619. The summed E-state index contributed by atoms with van der Waals surface area (Å²) in [6.07, 6.45) is 4.74. The van der Waals surface area contributed by atoms with Crippen molar-refractivity contribution in [1.82, 2.24) is 5.32 Å². The van der Waals surface area contributed by atoms with Crippen molar-refractivity contribution in [2.24, 2.45) is 5.92 Å². The van der Waals surface area contributed by atoms with Gasteiger partial charge < -0.3 is 14.8 Å². The van der Waals surface area contributed by atoms with Gasteiger partial charge in [0.25, 0.3) is 0 Å². The van der Waals surface area contributed by atoms with Crippen LogP contribution in [-0.2, 0) is 6.42 Å². The summed E-state index contributed by atoms with van der Waals surface area (Å²) < 4.78 is 11.4. The molecule has 0 amide bonds. The summed E-state index contributed by atoms with van der Waals surface area (Å²) in [5, 5.41) is 3.41. The normalized spacial score (nSPS) is 19.2. The maximum Gasteiger partial charge on any atom is 0.161 e. The average molecular weight is 263 g/mol. The van der Waals surface area contributed by atoms with E-state index in [1.54, 1.807) is 7.11 Å². The molecule has 1 aromatic rings. The molecule has 3 heteroatoms. The van der Waals surface area contributed by atoms with Crippen LogP contribution in [0.3, 0.4) is 0 Å². The van der Waals surface area contributed by atoms with Gasteiger partial charge in [-0.1, -0.05) is 19.4 Å². The molecule has 1 fully saturated rings. The second-order valence-electron chi connectivity index (χ2n) is 5.26. The molecule has 0 saturated carbocycles. The van der Waals surface area contributed by atoms with Crippen LogP contribution in [0.4, 0.5) is 0 Å². The van der Waals surface area contributed by atoms with Crippen LogP contribution in [-0.4, -0.2) is 26.8 Å². The summed E-state index contributed by atoms with van der Waals surface area (Å²) in [4.78, 5) is 0. The number of rotatable bonds is 6. The van der Waals surface area contributed by atoms with Gasteiger partial charge in [0.05, 0.1) is 13.7 Å². The monoisotopic (exact) mass is 263 g/mol. The molecular formula is C16H25NO2. The Labute approximate surface area is 116 Å². The molecule has 1 saturated heterocycles. The molecule has 3 nitrogen and oxygen atoms in total. The van der Waals surface area contributed by atoms with E-state index < -0.39 is 0 Å². The lowest BCUT2D eigenvalue weighted by Crippen LogP contribution is -2.33. The fraction of sp³-hybridized carbons (Fsp3) is 0.625. The summed E-state index contributed by atoms with van der Waals surface area (Å²) in [7, 11) is 1.71. The van der Waals surface area contributed by atoms with Gasteiger partial charge in [0.15, 0.2) is 11.5 Å². The summed E-state index contributed by atoms with van der Waals surface area (Å²) in [5.74, 6) is 2.34. The number of hydrogen-bond donors (Lipinski definition) is 1. The second kappa shape index (κ2) is 7.39. The molecule has 1 N–H and O–H groups in total. The highest BCUT2D eigenvalue weighted by Crippen LogP contribution is 2.29. The van der Waals surface area contributed by atoms with Crippen molar-refractivity contribution in [1.29, 1.82) is 0 Å². The molecule has 0 aliphatic carbocycles. The zero-order valence-electron chi connectivity index (χ0n) is 12.1. The van der Waals surface area contributed by atoms with Crippen molar-refractivity contribution >= 4 is 0 Å². The van der Waals surface area contributed by atoms with Crippen LogP contribution < -0.4 is 14.8 Å². The van der Waals surface area contributed by atoms with E-state index in [0.717, 1.165) is 44.0 Å². The Morgan fingerprint density at radius 1 is 1.32 bits per heavy atom. The number of methoxy groups -OCH3 is 1. The maximum absolute atomic E-state index is 5.94. The van der Waals surface area contributed by atoms with Gasteiger partial charge in [-0.2, -0.15) is 0 Å². The molecule has 19 heavy (non-hydrogen) atoms. The summed E-state index contributed by atoms with van der Waals surface area (Å²) >= 11 is 0. The van der Waals surface area contributed by atoms with Crippen molar-refractivity contribution in [2.45, 2.75) is 32.6 Å². The van der Waals surface area contributed by atoms with Crippen molar-refractivity contribution in [3.05, 3.63) is 23.8 Å². The first-order valence-electron chi connectivity index (χ1n) is 7.34. The number of ether oxygens (including phenoxy) is 2. The van der Waals surface area contributed by atoms with Crippen LogP contribution in [0, 0.1) is 5.92 Å². The third kappa shape index (κ3) is 4.13. The van der Waals surface area contributed by atoms with Crippen LogP contribution in [0.15, 0.2) is 18.2 Å². The number of aryl methyl sites for hydroxylation is 1. The second-order valence-corrected chi connectivity index (χ2v) is 5.26. The Morgan fingerprint density at radius 3 is 2.89 bits per heavy atom. The van der Waals surface area contributed by atoms with Gasteiger partial charge in [0.2, 0.25) is 0 Å². The molecule has 0 spiro atoms. The van der Waals surface area contributed by atoms with E-state index in [1.807, 2.05) is 6.07 Å². The molecule has 1 aliphatic heterocycles. The number of hydrogen-bond acceptors (Lipinski definition) is 3. The van der Waals surface area contributed by atoms with Gasteiger partial charge in [0.1, 0.15) is 0 Å². The first kappa shape index (κ1) is 14.2. The van der Waals surface area contributed by atoms with Gasteiger partial charge in [-0.3, -0.25) is 0 Å². The molecule has 1 aliphatic rings. The highest BCUT2D eigenvalue weighted by molar-refractivity contribution is 5.43. The fourth-order valence-electron chi connectivity index (χ4n) is 2.55. The average Bonchev–Trinajstić information content (AvgIpc) is 2.47. The standard InChI is InChI=1S/C16H25NO2/c1-3-5-13-7-8-15(16(10-13)18-2)19-12-14-6-4-9-17-11-14/h7-8,10,14,17H,3-6,9,11-12H2,1-2H3/t14-/m0/s1. The first-order valence-corrected chi connectivity index (χ1v) is 7.34. The van der Waals surface area contributed by atoms with E-state index in [1.165, 1.54) is 18.4 Å². The first-order chi connectivity index (χ1) is 9.33. The van der Waals surface area contributed by atoms with E-state index in [9.17, 15) is 0 Å². The minimum absolute atomic E-state index is 0.619. The Hall–Kier alpha value is -1.22. The lowest BCUT2D eigenvalue weighted by atomic mass is 10.0. The fourth-order valence-corrected chi connectivity index (χ4v) is 2.55. The Morgan fingerprint density at radius 2 is 2.21 bits per heavy atom. The lowest BCUT2D eigenvalue weighted by Gasteiger charge is -2.23. The van der Waals surface area contributed by atoms with Crippen LogP contribution in [0.1, 0.15) is 31.7 Å². The van der Waals surface area contributed by atoms with Crippen LogP contribution in [0.5, 0.6) is 11.5 Å². The minimum Gasteiger partial charge on any atom is -0.493 e. The molecule has 0 unspecified atom stereocenters. The molecule has 1 atom stereocenters. The summed E-state index contributed by atoms with van der Waals surface area (Å²) in [6.45, 7) is 5.17. The van der Waals surface area contributed by atoms with Gasteiger partial charge in [0, 0.05) is 12.5 Å². The lowest BCUT2D eigenvalue weighted by molar-refractivity contribution is 0.211. The SMILES string of the molecule is CCCc1ccc(OC[C@H]2CCCNC2)c(OC)c1. The van der Waals surface area contributed by atoms with Crippen molar-refractivity contribution in [3.63, 3.8) is 0 Å². The van der Waals surface area contributed by atoms with E-state index in [-0.39, 0.29) is 0 Å². The summed E-state index contributed by atoms with van der Waals surface area (Å²) in [6, 6.07) is 6.28. The molecule has 0 aromatic heterocycles. The number of benzene rings is 1. The maximum atomic E-state index is 5.94. The molecule has 0 radical (unpaired) electrons. The van der Waals surface area contributed by atoms with Crippen LogP contribution in [0.2, 0.25) is 0 Å². The Balaban J connectivity index is 1.94. The molecule has 0 bridgehead atoms. The predicted molar refractivity (Wildman–Crippen MR) is 78.1 cm³/mol. The zero-order valence-corrected chi connectivity index (χ0v) is 12.1. The van der Waals surface area contributed by atoms with Crippen molar-refractivity contribution in [2.75, 3.05) is 26.8 Å². The third-order valence-electron chi connectivity index (χ3n) is 3.64. The van der Waals surface area contributed by atoms with Gasteiger partial charge in [-0.15, -0.1) is 0 Å². The molecule has 2 rings (SSSR count). The molecule has 1 aromatic carbocycles. The number of piperidine rings is 1. The molecular weight excluding hydrogens is 238 g/mol. The largest absolute Gasteiger partial charge is 0.493 e. The van der Waals surface area contributed by atoms with Gasteiger partial charge in [-0.25, -0.2) is 0 Å². The molecule has 106 valence electrons. The van der Waals surface area contributed by atoms with E-state index in [4.69, 9.17) is 9.47 Å². The van der Waals surface area contributed by atoms with Gasteiger partial charge in [-0.05, 0) is 43.5 Å². The zero-order chi connectivity index (χ0) is 13.5. The van der Waals surface area contributed by atoms with Crippen molar-refractivity contribution < 1.29 is 9.47 Å². The highest BCUT2D eigenvalue weighted by Gasteiger charge is 2.14. The van der Waals surface area contributed by atoms with Gasteiger partial charge >= 0.3 is 0 Å². The smallest absolute Gasteiger partial charge is 0.161 e. The molecule has 1 heterocycles. The summed E-state index contributed by atoms with van der Waals surface area (Å²) in [5.41, 5.74) is 1.31. The third-order valence-corrected chi connectivity index (χ3v) is 3.64. The van der Waals surface area contributed by atoms with Crippen LogP contribution >= 0.6 is 0 Å². The Bertz CT molecular complexity index is 386. The predicted octanol–water partition coefficient (Wildman–Crippen LogP) is 3.03. The van der Waals surface area contributed by atoms with E-state index >= 15 is 0 Å². The van der Waals surface area contributed by atoms with Crippen molar-refractivity contribution in [3.8, 4) is 11.5 Å². The topological polar surface area (TPSA) is 30.5 Å². The van der Waals surface area contributed by atoms with E-state index in [2.05, 4.69) is 24.4 Å².